The number of nitrogens with zero attached hydrogens (tertiary/aromatic N) is 1. The lowest BCUT2D eigenvalue weighted by Gasteiger charge is -2.20. The Morgan fingerprint density at radius 2 is 1.71 bits per heavy atom. The molecule has 0 aliphatic carbocycles. The molecular weight excluding hydrogens is 218 g/mol. The molecule has 0 aromatic carbocycles. The zero-order chi connectivity index (χ0) is 13.4. The van der Waals surface area contributed by atoms with Gasteiger partial charge in [0.05, 0.1) is 0 Å². The van der Waals surface area contributed by atoms with Gasteiger partial charge in [0.2, 0.25) is 0 Å². The van der Waals surface area contributed by atoms with Gasteiger partial charge in [-0.05, 0) is 20.8 Å². The Hall–Kier alpha value is -1.32. The van der Waals surface area contributed by atoms with Crippen molar-refractivity contribution in [3.8, 4) is 0 Å². The molecule has 4 nitrogen and oxygen atoms in total. The number of esters is 1. The molecule has 0 N–H and O–H groups in total. The van der Waals surface area contributed by atoms with Crippen LogP contribution in [0.15, 0.2) is 4.42 Å². The van der Waals surface area contributed by atoms with Crippen LogP contribution in [0.2, 0.25) is 0 Å². The first kappa shape index (κ1) is 13.7. The number of hydrogen-bond acceptors (Lipinski definition) is 4. The van der Waals surface area contributed by atoms with Crippen LogP contribution in [-0.4, -0.2) is 16.6 Å². The van der Waals surface area contributed by atoms with Crippen molar-refractivity contribution in [3.63, 3.8) is 0 Å². The minimum atomic E-state index is -0.529. The van der Waals surface area contributed by atoms with Crippen LogP contribution in [0.25, 0.3) is 0 Å². The van der Waals surface area contributed by atoms with Gasteiger partial charge in [-0.1, -0.05) is 20.8 Å². The van der Waals surface area contributed by atoms with Crippen LogP contribution < -0.4 is 0 Å². The Kier molecular flexibility index (Phi) is 3.37. The van der Waals surface area contributed by atoms with Gasteiger partial charge in [-0.3, -0.25) is 0 Å². The topological polar surface area (TPSA) is 52.3 Å². The van der Waals surface area contributed by atoms with E-state index in [0.717, 1.165) is 0 Å². The third-order valence-corrected chi connectivity index (χ3v) is 2.01. The monoisotopic (exact) mass is 239 g/mol. The molecule has 0 aliphatic rings. The highest BCUT2D eigenvalue weighted by Gasteiger charge is 2.31. The predicted octanol–water partition coefficient (Wildman–Crippen LogP) is 3.24. The fourth-order valence-electron chi connectivity index (χ4n) is 1.40. The largest absolute Gasteiger partial charge is 0.455 e. The zero-order valence-electron chi connectivity index (χ0n) is 11.7. The summed E-state index contributed by atoms with van der Waals surface area (Å²) >= 11 is 0. The van der Waals surface area contributed by atoms with E-state index in [9.17, 15) is 4.79 Å². The molecule has 17 heavy (non-hydrogen) atoms. The number of carbonyl (C=O) groups is 1. The second-order valence-corrected chi connectivity index (χ2v) is 6.16. The molecule has 0 bridgehead atoms. The van der Waals surface area contributed by atoms with Crippen LogP contribution in [0, 0.1) is 6.92 Å². The van der Waals surface area contributed by atoms with Crippen LogP contribution in [-0.2, 0) is 10.2 Å². The molecule has 0 amide bonds. The first-order chi connectivity index (χ1) is 7.50. The van der Waals surface area contributed by atoms with E-state index >= 15 is 0 Å². The number of ether oxygens (including phenoxy) is 1. The summed E-state index contributed by atoms with van der Waals surface area (Å²) < 4.78 is 10.8. The molecular formula is C13H21NO3. The van der Waals surface area contributed by atoms with E-state index in [4.69, 9.17) is 9.15 Å². The van der Waals surface area contributed by atoms with E-state index in [1.54, 1.807) is 6.92 Å². The average molecular weight is 239 g/mol. The first-order valence-electron chi connectivity index (χ1n) is 5.72. The minimum Gasteiger partial charge on any atom is -0.455 e. The van der Waals surface area contributed by atoms with Crippen LogP contribution in [0.5, 0.6) is 0 Å². The maximum atomic E-state index is 12.0. The summed E-state index contributed by atoms with van der Waals surface area (Å²) in [6.07, 6.45) is 0. The van der Waals surface area contributed by atoms with Crippen molar-refractivity contribution in [2.24, 2.45) is 0 Å². The van der Waals surface area contributed by atoms with E-state index in [0.29, 0.717) is 11.7 Å². The van der Waals surface area contributed by atoms with Gasteiger partial charge in [0.1, 0.15) is 11.4 Å². The quantitative estimate of drug-likeness (QED) is 0.706. The van der Waals surface area contributed by atoms with E-state index in [-0.39, 0.29) is 11.1 Å². The smallest absolute Gasteiger partial charge is 0.361 e. The van der Waals surface area contributed by atoms with Crippen molar-refractivity contribution in [2.75, 3.05) is 0 Å². The lowest BCUT2D eigenvalue weighted by molar-refractivity contribution is 0.00593. The summed E-state index contributed by atoms with van der Waals surface area (Å²) in [5, 5.41) is 0. The van der Waals surface area contributed by atoms with Gasteiger partial charge >= 0.3 is 5.97 Å². The zero-order valence-corrected chi connectivity index (χ0v) is 11.7. The molecule has 0 spiro atoms. The second-order valence-electron chi connectivity index (χ2n) is 6.16. The summed E-state index contributed by atoms with van der Waals surface area (Å²) in [6.45, 7) is 13.1. The first-order valence-corrected chi connectivity index (χ1v) is 5.72. The molecule has 0 atom stereocenters. The van der Waals surface area contributed by atoms with E-state index in [1.807, 2.05) is 41.5 Å². The fraction of sp³-hybridized carbons (Fsp3) is 0.692. The minimum absolute atomic E-state index is 0.270. The third-order valence-electron chi connectivity index (χ3n) is 2.01. The molecule has 1 aromatic rings. The van der Waals surface area contributed by atoms with Gasteiger partial charge in [-0.2, -0.15) is 0 Å². The number of rotatable bonds is 1. The van der Waals surface area contributed by atoms with Gasteiger partial charge in [0, 0.05) is 12.3 Å². The number of aromatic nitrogens is 1. The fourth-order valence-corrected chi connectivity index (χ4v) is 1.40. The Morgan fingerprint density at radius 1 is 1.18 bits per heavy atom. The Balaban J connectivity index is 3.10. The molecule has 0 unspecified atom stereocenters. The number of aryl methyl sites for hydroxylation is 1. The van der Waals surface area contributed by atoms with Crippen LogP contribution >= 0.6 is 0 Å². The molecule has 1 rings (SSSR count). The molecule has 4 heteroatoms. The van der Waals surface area contributed by atoms with Gasteiger partial charge in [-0.15, -0.1) is 0 Å². The summed E-state index contributed by atoms with van der Waals surface area (Å²) in [4.78, 5) is 16.1. The maximum absolute atomic E-state index is 12.0. The van der Waals surface area contributed by atoms with E-state index < -0.39 is 11.6 Å². The lowest BCUT2D eigenvalue weighted by Crippen LogP contribution is -2.26. The summed E-state index contributed by atoms with van der Waals surface area (Å²) in [5.41, 5.74) is -0.517. The molecule has 0 aliphatic heterocycles. The van der Waals surface area contributed by atoms with Gasteiger partial charge in [0.25, 0.3) is 0 Å². The summed E-state index contributed by atoms with van der Waals surface area (Å²) in [5.74, 6) is 0.624. The van der Waals surface area contributed by atoms with Crippen LogP contribution in [0.1, 0.15) is 63.7 Å². The Morgan fingerprint density at radius 3 is 2.12 bits per heavy atom. The molecule has 1 aromatic heterocycles. The summed E-state index contributed by atoms with van der Waals surface area (Å²) in [6, 6.07) is 0. The molecule has 0 saturated heterocycles. The van der Waals surface area contributed by atoms with Gasteiger partial charge in [0.15, 0.2) is 11.6 Å². The van der Waals surface area contributed by atoms with Crippen molar-refractivity contribution >= 4 is 5.97 Å². The molecule has 0 saturated carbocycles. The second kappa shape index (κ2) is 4.17. The van der Waals surface area contributed by atoms with Crippen molar-refractivity contribution in [2.45, 2.75) is 59.5 Å². The predicted molar refractivity (Wildman–Crippen MR) is 65.1 cm³/mol. The highest BCUT2D eigenvalue weighted by Crippen LogP contribution is 2.28. The maximum Gasteiger partial charge on any atom is 0.361 e. The number of oxazole rings is 1. The molecule has 1 heterocycles. The SMILES string of the molecule is Cc1nc(C(=O)OC(C)(C)C)c(C(C)(C)C)o1. The van der Waals surface area contributed by atoms with Crippen LogP contribution in [0.3, 0.4) is 0 Å². The normalized spacial score (nSPS) is 12.6. The standard InChI is InChI=1S/C13H21NO3/c1-8-14-9(10(16-8)12(2,3)4)11(15)17-13(5,6)7/h1-7H3. The Labute approximate surface area is 102 Å². The van der Waals surface area contributed by atoms with Crippen molar-refractivity contribution in [3.05, 3.63) is 17.3 Å². The number of carbonyl (C=O) groups excluding carboxylic acids is 1. The van der Waals surface area contributed by atoms with E-state index in [1.165, 1.54) is 0 Å². The van der Waals surface area contributed by atoms with Gasteiger partial charge < -0.3 is 9.15 Å². The van der Waals surface area contributed by atoms with Crippen LogP contribution in [0.4, 0.5) is 0 Å². The third kappa shape index (κ3) is 3.58. The molecule has 96 valence electrons. The highest BCUT2D eigenvalue weighted by molar-refractivity contribution is 5.89. The van der Waals surface area contributed by atoms with Gasteiger partial charge in [-0.25, -0.2) is 9.78 Å². The van der Waals surface area contributed by atoms with Crippen molar-refractivity contribution < 1.29 is 13.9 Å². The number of hydrogen-bond donors (Lipinski definition) is 0. The van der Waals surface area contributed by atoms with E-state index in [2.05, 4.69) is 4.98 Å². The van der Waals surface area contributed by atoms with Crippen molar-refractivity contribution in [1.29, 1.82) is 0 Å². The summed E-state index contributed by atoms with van der Waals surface area (Å²) in [7, 11) is 0. The Bertz CT molecular complexity index is 419. The molecule has 0 radical (unpaired) electrons. The van der Waals surface area contributed by atoms with Crippen molar-refractivity contribution in [1.82, 2.24) is 4.98 Å². The lowest BCUT2D eigenvalue weighted by atomic mass is 9.92. The highest BCUT2D eigenvalue weighted by atomic mass is 16.6. The average Bonchev–Trinajstić information content (AvgIpc) is 2.43. The molecule has 0 fully saturated rings.